The smallest absolute Gasteiger partial charge is 0.305 e. The van der Waals surface area contributed by atoms with Gasteiger partial charge in [-0.1, -0.05) is 12.2 Å². The van der Waals surface area contributed by atoms with Gasteiger partial charge in [0.05, 0.1) is 6.42 Å². The van der Waals surface area contributed by atoms with Crippen LogP contribution in [0.5, 0.6) is 0 Å². The van der Waals surface area contributed by atoms with E-state index < -0.39 is 5.97 Å². The Hall–Kier alpha value is -1.32. The molecule has 0 atom stereocenters. The molecular weight excluding hydrogens is 182 g/mol. The maximum atomic E-state index is 11.7. The summed E-state index contributed by atoms with van der Waals surface area (Å²) in [6.45, 7) is 0.296. The highest BCUT2D eigenvalue weighted by atomic mass is 16.4. The van der Waals surface area contributed by atoms with Crippen molar-refractivity contribution in [3.05, 3.63) is 12.2 Å². The summed E-state index contributed by atoms with van der Waals surface area (Å²) in [6.07, 6.45) is 5.58. The van der Waals surface area contributed by atoms with Crippen LogP contribution in [0.3, 0.4) is 0 Å². The van der Waals surface area contributed by atoms with Gasteiger partial charge in [0.2, 0.25) is 5.91 Å². The van der Waals surface area contributed by atoms with Crippen molar-refractivity contribution >= 4 is 11.9 Å². The minimum Gasteiger partial charge on any atom is -0.481 e. The van der Waals surface area contributed by atoms with E-state index in [1.165, 1.54) is 4.90 Å². The van der Waals surface area contributed by atoms with Crippen molar-refractivity contribution in [3.63, 3.8) is 0 Å². The van der Waals surface area contributed by atoms with Gasteiger partial charge in [-0.3, -0.25) is 9.59 Å². The number of hydrogen-bond donors (Lipinski definition) is 1. The van der Waals surface area contributed by atoms with Crippen molar-refractivity contribution in [1.82, 2.24) is 4.90 Å². The lowest BCUT2D eigenvalue weighted by Gasteiger charge is -2.19. The number of amides is 1. The largest absolute Gasteiger partial charge is 0.481 e. The van der Waals surface area contributed by atoms with Gasteiger partial charge in [0.25, 0.3) is 0 Å². The van der Waals surface area contributed by atoms with Crippen molar-refractivity contribution in [2.45, 2.75) is 19.3 Å². The van der Waals surface area contributed by atoms with Gasteiger partial charge in [0.15, 0.2) is 0 Å². The van der Waals surface area contributed by atoms with Crippen LogP contribution in [0.25, 0.3) is 0 Å². The van der Waals surface area contributed by atoms with Crippen molar-refractivity contribution in [3.8, 4) is 0 Å². The molecule has 0 saturated carbocycles. The van der Waals surface area contributed by atoms with E-state index in [-0.39, 0.29) is 18.2 Å². The number of rotatable bonds is 4. The normalized spacial score (nSPS) is 15.8. The van der Waals surface area contributed by atoms with Crippen LogP contribution in [-0.4, -0.2) is 35.5 Å². The molecule has 0 aromatic carbocycles. The van der Waals surface area contributed by atoms with Crippen LogP contribution < -0.4 is 0 Å². The highest BCUT2D eigenvalue weighted by molar-refractivity contribution is 5.80. The Morgan fingerprint density at radius 3 is 2.50 bits per heavy atom. The molecule has 0 radical (unpaired) electrons. The summed E-state index contributed by atoms with van der Waals surface area (Å²) in [5.41, 5.74) is 0. The summed E-state index contributed by atoms with van der Waals surface area (Å²) in [7, 11) is 1.66. The van der Waals surface area contributed by atoms with E-state index in [1.54, 1.807) is 7.05 Å². The molecule has 1 N–H and O–H groups in total. The summed E-state index contributed by atoms with van der Waals surface area (Å²) in [5.74, 6) is -0.778. The summed E-state index contributed by atoms with van der Waals surface area (Å²) in [5, 5.41) is 8.46. The van der Waals surface area contributed by atoms with Crippen LogP contribution in [0, 0.1) is 5.92 Å². The van der Waals surface area contributed by atoms with Gasteiger partial charge in [-0.25, -0.2) is 0 Å². The summed E-state index contributed by atoms with van der Waals surface area (Å²) < 4.78 is 0. The van der Waals surface area contributed by atoms with Crippen LogP contribution in [0.4, 0.5) is 0 Å². The maximum absolute atomic E-state index is 11.7. The number of hydrogen-bond acceptors (Lipinski definition) is 2. The van der Waals surface area contributed by atoms with E-state index in [1.807, 2.05) is 12.2 Å². The van der Waals surface area contributed by atoms with Gasteiger partial charge in [0.1, 0.15) is 0 Å². The second kappa shape index (κ2) is 4.79. The number of carboxylic acids is 1. The molecule has 4 heteroatoms. The second-order valence-electron chi connectivity index (χ2n) is 3.54. The average Bonchev–Trinajstić information content (AvgIpc) is 2.65. The Kier molecular flexibility index (Phi) is 3.68. The van der Waals surface area contributed by atoms with Crippen molar-refractivity contribution in [1.29, 1.82) is 0 Å². The Morgan fingerprint density at radius 1 is 1.43 bits per heavy atom. The zero-order chi connectivity index (χ0) is 10.6. The molecule has 0 aromatic heterocycles. The van der Waals surface area contributed by atoms with E-state index in [2.05, 4.69) is 0 Å². The molecule has 0 unspecified atom stereocenters. The molecule has 0 heterocycles. The number of carboxylic acid groups (broad SMARTS) is 1. The lowest BCUT2D eigenvalue weighted by molar-refractivity contribution is -0.139. The average molecular weight is 197 g/mol. The Labute approximate surface area is 83.2 Å². The minimum absolute atomic E-state index is 0.0163. The predicted octanol–water partition coefficient (Wildman–Crippen LogP) is 0.886. The third-order valence-corrected chi connectivity index (χ3v) is 2.39. The van der Waals surface area contributed by atoms with Crippen LogP contribution in [-0.2, 0) is 9.59 Å². The van der Waals surface area contributed by atoms with E-state index in [0.29, 0.717) is 6.54 Å². The van der Waals surface area contributed by atoms with E-state index >= 15 is 0 Å². The lowest BCUT2D eigenvalue weighted by Crippen LogP contribution is -2.33. The quantitative estimate of drug-likeness (QED) is 0.681. The molecule has 0 aliphatic heterocycles. The van der Waals surface area contributed by atoms with Gasteiger partial charge >= 0.3 is 5.97 Å². The van der Waals surface area contributed by atoms with Crippen LogP contribution in [0.15, 0.2) is 12.2 Å². The molecular formula is C10H15NO3. The SMILES string of the molecule is CN(CCC(=O)O)C(=O)C1CC=CC1. The molecule has 78 valence electrons. The number of nitrogens with zero attached hydrogens (tertiary/aromatic N) is 1. The monoisotopic (exact) mass is 197 g/mol. The molecule has 0 saturated heterocycles. The lowest BCUT2D eigenvalue weighted by atomic mass is 10.1. The van der Waals surface area contributed by atoms with Gasteiger partial charge in [-0.2, -0.15) is 0 Å². The highest BCUT2D eigenvalue weighted by Crippen LogP contribution is 2.19. The molecule has 0 fully saturated rings. The van der Waals surface area contributed by atoms with E-state index in [4.69, 9.17) is 5.11 Å². The molecule has 1 amide bonds. The van der Waals surface area contributed by atoms with Crippen LogP contribution in [0.2, 0.25) is 0 Å². The minimum atomic E-state index is -0.866. The first-order valence-corrected chi connectivity index (χ1v) is 4.73. The Morgan fingerprint density at radius 2 is 2.00 bits per heavy atom. The fourth-order valence-electron chi connectivity index (χ4n) is 1.50. The summed E-state index contributed by atoms with van der Waals surface area (Å²) in [4.78, 5) is 23.5. The number of carbonyl (C=O) groups is 2. The van der Waals surface area contributed by atoms with Gasteiger partial charge in [0, 0.05) is 19.5 Å². The topological polar surface area (TPSA) is 57.6 Å². The number of aliphatic carboxylic acids is 1. The highest BCUT2D eigenvalue weighted by Gasteiger charge is 2.22. The summed E-state index contributed by atoms with van der Waals surface area (Å²) >= 11 is 0. The predicted molar refractivity (Wildman–Crippen MR) is 51.8 cm³/mol. The first-order chi connectivity index (χ1) is 6.61. The molecule has 4 nitrogen and oxygen atoms in total. The zero-order valence-electron chi connectivity index (χ0n) is 8.27. The van der Waals surface area contributed by atoms with Crippen molar-refractivity contribution in [2.24, 2.45) is 5.92 Å². The zero-order valence-corrected chi connectivity index (χ0v) is 8.27. The molecule has 1 rings (SSSR count). The Bertz CT molecular complexity index is 252. The second-order valence-corrected chi connectivity index (χ2v) is 3.54. The van der Waals surface area contributed by atoms with Crippen LogP contribution in [0.1, 0.15) is 19.3 Å². The first-order valence-electron chi connectivity index (χ1n) is 4.73. The molecule has 1 aliphatic carbocycles. The van der Waals surface area contributed by atoms with Crippen molar-refractivity contribution in [2.75, 3.05) is 13.6 Å². The van der Waals surface area contributed by atoms with Crippen LogP contribution >= 0.6 is 0 Å². The first kappa shape index (κ1) is 10.8. The fraction of sp³-hybridized carbons (Fsp3) is 0.600. The van der Waals surface area contributed by atoms with E-state index in [9.17, 15) is 9.59 Å². The molecule has 0 bridgehead atoms. The van der Waals surface area contributed by atoms with Gasteiger partial charge in [-0.15, -0.1) is 0 Å². The van der Waals surface area contributed by atoms with Gasteiger partial charge < -0.3 is 10.0 Å². The number of allylic oxidation sites excluding steroid dienone is 2. The Balaban J connectivity index is 2.32. The van der Waals surface area contributed by atoms with Gasteiger partial charge in [-0.05, 0) is 12.8 Å². The third-order valence-electron chi connectivity index (χ3n) is 2.39. The standard InChI is InChI=1S/C10H15NO3/c1-11(7-6-9(12)13)10(14)8-4-2-3-5-8/h2-3,8H,4-7H2,1H3,(H,12,13). The third kappa shape index (κ3) is 2.87. The number of carbonyl (C=O) groups excluding carboxylic acids is 1. The molecule has 1 aliphatic rings. The fourth-order valence-corrected chi connectivity index (χ4v) is 1.50. The molecule has 0 spiro atoms. The molecule has 0 aromatic rings. The summed E-state index contributed by atoms with van der Waals surface area (Å²) in [6, 6.07) is 0. The van der Waals surface area contributed by atoms with Crippen molar-refractivity contribution < 1.29 is 14.7 Å². The molecule has 14 heavy (non-hydrogen) atoms. The van der Waals surface area contributed by atoms with E-state index in [0.717, 1.165) is 12.8 Å². The maximum Gasteiger partial charge on any atom is 0.305 e.